The second-order valence-electron chi connectivity index (χ2n) is 7.38. The Balaban J connectivity index is 0.00000121. The number of hydrogen-bond acceptors (Lipinski definition) is 4. The fraction of sp³-hybridized carbons (Fsp3) is 0.667. The molecule has 3 aliphatic heterocycles. The van der Waals surface area contributed by atoms with Crippen LogP contribution in [0.2, 0.25) is 5.02 Å². The van der Waals surface area contributed by atoms with Crippen molar-refractivity contribution in [1.29, 1.82) is 0 Å². The van der Waals surface area contributed by atoms with Gasteiger partial charge in [0.25, 0.3) is 0 Å². The fourth-order valence-electron chi connectivity index (χ4n) is 4.46. The molecule has 4 rings (SSSR count). The van der Waals surface area contributed by atoms with Gasteiger partial charge in [-0.1, -0.05) is 11.6 Å². The highest BCUT2D eigenvalue weighted by Gasteiger charge is 2.35. The maximum Gasteiger partial charge on any atom is 0.222 e. The van der Waals surface area contributed by atoms with Crippen LogP contribution in [0.5, 0.6) is 0 Å². The van der Waals surface area contributed by atoms with Gasteiger partial charge in [-0.15, -0.1) is 24.8 Å². The number of rotatable bonds is 3. The van der Waals surface area contributed by atoms with Crippen LogP contribution in [0.15, 0.2) is 18.3 Å². The van der Waals surface area contributed by atoms with Crippen LogP contribution in [0.3, 0.4) is 0 Å². The highest BCUT2D eigenvalue weighted by molar-refractivity contribution is 6.30. The van der Waals surface area contributed by atoms with Crippen molar-refractivity contribution in [2.45, 2.75) is 44.2 Å². The topological polar surface area (TPSA) is 48.5 Å². The summed E-state index contributed by atoms with van der Waals surface area (Å²) in [6.07, 6.45) is 7.35. The number of carbonyl (C=O) groups excluding carboxylic acids is 1. The number of pyridine rings is 1. The van der Waals surface area contributed by atoms with Crippen molar-refractivity contribution < 1.29 is 4.79 Å². The predicted molar refractivity (Wildman–Crippen MR) is 110 cm³/mol. The van der Waals surface area contributed by atoms with E-state index in [1.165, 1.54) is 25.7 Å². The molecule has 1 amide bonds. The van der Waals surface area contributed by atoms with Gasteiger partial charge < -0.3 is 15.1 Å². The lowest BCUT2D eigenvalue weighted by Crippen LogP contribution is -2.49. The lowest BCUT2D eigenvalue weighted by atomic mass is 9.89. The molecule has 1 aromatic heterocycles. The standard InChI is InChI=1S/C18H25ClN4O.2ClH/c19-14-1-4-17(20-12-14)22-5-7-23(8-6-22)18(24)11-13-9-15-2-3-16(10-13)21-15;;/h1,4,12-13,15-16,21H,2-3,5-11H2;2*1H. The summed E-state index contributed by atoms with van der Waals surface area (Å²) in [5, 5.41) is 4.31. The first-order valence-corrected chi connectivity index (χ1v) is 9.45. The zero-order chi connectivity index (χ0) is 16.5. The lowest BCUT2D eigenvalue weighted by Gasteiger charge is -2.37. The maximum atomic E-state index is 12.6. The van der Waals surface area contributed by atoms with E-state index in [0.717, 1.165) is 38.4 Å². The molecule has 4 heterocycles. The molecule has 2 atom stereocenters. The maximum absolute atomic E-state index is 12.6. The van der Waals surface area contributed by atoms with E-state index in [4.69, 9.17) is 11.6 Å². The summed E-state index contributed by atoms with van der Waals surface area (Å²) >= 11 is 5.89. The van der Waals surface area contributed by atoms with E-state index < -0.39 is 0 Å². The molecule has 0 saturated carbocycles. The molecule has 26 heavy (non-hydrogen) atoms. The van der Waals surface area contributed by atoms with Crippen molar-refractivity contribution in [3.63, 3.8) is 0 Å². The van der Waals surface area contributed by atoms with Gasteiger partial charge in [-0.3, -0.25) is 4.79 Å². The quantitative estimate of drug-likeness (QED) is 0.814. The molecule has 8 heteroatoms. The molecule has 3 fully saturated rings. The highest BCUT2D eigenvalue weighted by atomic mass is 35.5. The molecule has 2 unspecified atom stereocenters. The molecule has 2 bridgehead atoms. The van der Waals surface area contributed by atoms with Crippen LogP contribution >= 0.6 is 36.4 Å². The summed E-state index contributed by atoms with van der Waals surface area (Å²) in [7, 11) is 0. The molecule has 1 N–H and O–H groups in total. The number of hydrogen-bond donors (Lipinski definition) is 1. The monoisotopic (exact) mass is 420 g/mol. The first-order chi connectivity index (χ1) is 11.7. The van der Waals surface area contributed by atoms with E-state index in [1.807, 2.05) is 17.0 Å². The van der Waals surface area contributed by atoms with Crippen LogP contribution in [0.25, 0.3) is 0 Å². The number of halogens is 3. The molecular formula is C18H27Cl3N4O. The number of fused-ring (bicyclic) bond motifs is 2. The van der Waals surface area contributed by atoms with Gasteiger partial charge in [0.2, 0.25) is 5.91 Å². The van der Waals surface area contributed by atoms with E-state index in [9.17, 15) is 4.79 Å². The minimum absolute atomic E-state index is 0. The number of piperidine rings is 1. The van der Waals surface area contributed by atoms with E-state index in [-0.39, 0.29) is 24.8 Å². The zero-order valence-corrected chi connectivity index (χ0v) is 17.2. The molecular weight excluding hydrogens is 395 g/mol. The summed E-state index contributed by atoms with van der Waals surface area (Å²) in [6, 6.07) is 5.14. The Morgan fingerprint density at radius 2 is 1.77 bits per heavy atom. The summed E-state index contributed by atoms with van der Waals surface area (Å²) in [5.74, 6) is 1.86. The summed E-state index contributed by atoms with van der Waals surface area (Å²) in [4.78, 5) is 21.3. The van der Waals surface area contributed by atoms with Crippen molar-refractivity contribution in [3.05, 3.63) is 23.4 Å². The average Bonchev–Trinajstić information content (AvgIpc) is 2.94. The van der Waals surface area contributed by atoms with Crippen LogP contribution in [-0.4, -0.2) is 54.1 Å². The molecule has 146 valence electrons. The van der Waals surface area contributed by atoms with Gasteiger partial charge in [-0.2, -0.15) is 0 Å². The number of nitrogens with one attached hydrogen (secondary N) is 1. The van der Waals surface area contributed by atoms with Crippen molar-refractivity contribution in [1.82, 2.24) is 15.2 Å². The number of amides is 1. The van der Waals surface area contributed by atoms with Crippen LogP contribution in [0.4, 0.5) is 5.82 Å². The molecule has 5 nitrogen and oxygen atoms in total. The van der Waals surface area contributed by atoms with Gasteiger partial charge in [0.1, 0.15) is 5.82 Å². The van der Waals surface area contributed by atoms with Crippen molar-refractivity contribution in [3.8, 4) is 0 Å². The second-order valence-corrected chi connectivity index (χ2v) is 7.82. The molecule has 0 aliphatic carbocycles. The number of anilines is 1. The molecule has 3 saturated heterocycles. The highest BCUT2D eigenvalue weighted by Crippen LogP contribution is 2.33. The number of carbonyl (C=O) groups is 1. The van der Waals surface area contributed by atoms with Crippen LogP contribution < -0.4 is 10.2 Å². The van der Waals surface area contributed by atoms with Crippen LogP contribution in [0.1, 0.15) is 32.1 Å². The third-order valence-corrected chi connectivity index (χ3v) is 5.93. The van der Waals surface area contributed by atoms with Gasteiger partial charge in [-0.05, 0) is 43.7 Å². The van der Waals surface area contributed by atoms with Crippen LogP contribution in [-0.2, 0) is 4.79 Å². The number of aromatic nitrogens is 1. The van der Waals surface area contributed by atoms with E-state index in [2.05, 4.69) is 15.2 Å². The van der Waals surface area contributed by atoms with Crippen molar-refractivity contribution in [2.75, 3.05) is 31.1 Å². The number of piperazine rings is 1. The Hall–Kier alpha value is -0.750. The van der Waals surface area contributed by atoms with Gasteiger partial charge >= 0.3 is 0 Å². The Morgan fingerprint density at radius 3 is 2.35 bits per heavy atom. The average molecular weight is 422 g/mol. The van der Waals surface area contributed by atoms with E-state index in [0.29, 0.717) is 28.9 Å². The van der Waals surface area contributed by atoms with E-state index in [1.54, 1.807) is 6.20 Å². The van der Waals surface area contributed by atoms with Gasteiger partial charge in [0.05, 0.1) is 5.02 Å². The fourth-order valence-corrected chi connectivity index (χ4v) is 4.57. The SMILES string of the molecule is Cl.Cl.O=C(CC1CC2CCC(C1)N2)N1CCN(c2ccc(Cl)cn2)CC1. The molecule has 0 spiro atoms. The Bertz CT molecular complexity index is 581. The summed E-state index contributed by atoms with van der Waals surface area (Å²) in [5.41, 5.74) is 0. The molecule has 0 radical (unpaired) electrons. The van der Waals surface area contributed by atoms with Crippen LogP contribution in [0, 0.1) is 5.92 Å². The molecule has 1 aromatic rings. The summed E-state index contributed by atoms with van der Waals surface area (Å²) < 4.78 is 0. The first-order valence-electron chi connectivity index (χ1n) is 9.08. The Labute approximate surface area is 172 Å². The summed E-state index contributed by atoms with van der Waals surface area (Å²) in [6.45, 7) is 3.28. The lowest BCUT2D eigenvalue weighted by molar-refractivity contribution is -0.132. The largest absolute Gasteiger partial charge is 0.353 e. The zero-order valence-electron chi connectivity index (χ0n) is 14.8. The van der Waals surface area contributed by atoms with Gasteiger partial charge in [0.15, 0.2) is 0 Å². The minimum atomic E-state index is 0. The molecule has 3 aliphatic rings. The Kier molecular flexibility index (Phi) is 7.83. The minimum Gasteiger partial charge on any atom is -0.353 e. The third-order valence-electron chi connectivity index (χ3n) is 5.70. The first kappa shape index (κ1) is 21.5. The smallest absolute Gasteiger partial charge is 0.222 e. The predicted octanol–water partition coefficient (Wildman–Crippen LogP) is 3.15. The Morgan fingerprint density at radius 1 is 1.12 bits per heavy atom. The molecule has 0 aromatic carbocycles. The normalized spacial score (nSPS) is 27.5. The third kappa shape index (κ3) is 4.94. The van der Waals surface area contributed by atoms with E-state index >= 15 is 0 Å². The van der Waals surface area contributed by atoms with Gasteiger partial charge in [-0.25, -0.2) is 4.98 Å². The van der Waals surface area contributed by atoms with Gasteiger partial charge in [0, 0.05) is 50.9 Å². The van der Waals surface area contributed by atoms with Crippen molar-refractivity contribution >= 4 is 48.1 Å². The number of nitrogens with zero attached hydrogens (tertiary/aromatic N) is 3. The second kappa shape index (κ2) is 9.45. The van der Waals surface area contributed by atoms with Crippen molar-refractivity contribution in [2.24, 2.45) is 5.92 Å².